The molecule has 0 spiro atoms. The maximum atomic E-state index is 12.8. The number of methoxy groups -OCH3 is 1. The van der Waals surface area contributed by atoms with Crippen molar-refractivity contribution in [2.45, 2.75) is 19.0 Å². The molecule has 1 aliphatic heterocycles. The van der Waals surface area contributed by atoms with Crippen LogP contribution in [0.15, 0.2) is 23.6 Å². The van der Waals surface area contributed by atoms with Gasteiger partial charge in [0.1, 0.15) is 5.75 Å². The lowest BCUT2D eigenvalue weighted by atomic mass is 10.1. The summed E-state index contributed by atoms with van der Waals surface area (Å²) >= 11 is 1.18. The highest BCUT2D eigenvalue weighted by Crippen LogP contribution is 2.38. The van der Waals surface area contributed by atoms with Crippen molar-refractivity contribution in [2.24, 2.45) is 0 Å². The van der Waals surface area contributed by atoms with Crippen molar-refractivity contribution in [3.8, 4) is 17.0 Å². The number of anilines is 1. The van der Waals surface area contributed by atoms with Gasteiger partial charge in [0.15, 0.2) is 5.13 Å². The molecule has 126 valence electrons. The van der Waals surface area contributed by atoms with E-state index < -0.39 is 11.7 Å². The summed E-state index contributed by atoms with van der Waals surface area (Å²) in [6.07, 6.45) is -1.91. The molecule has 2 N–H and O–H groups in total. The van der Waals surface area contributed by atoms with Gasteiger partial charge in [0.2, 0.25) is 0 Å². The van der Waals surface area contributed by atoms with E-state index in [0.29, 0.717) is 16.4 Å². The van der Waals surface area contributed by atoms with Crippen molar-refractivity contribution in [1.82, 2.24) is 4.98 Å². The zero-order valence-electron chi connectivity index (χ0n) is 12.5. The second kappa shape index (κ2) is 7.65. The van der Waals surface area contributed by atoms with E-state index in [4.69, 9.17) is 15.2 Å². The molecule has 8 heteroatoms. The molecule has 1 fully saturated rings. The van der Waals surface area contributed by atoms with E-state index >= 15 is 0 Å². The van der Waals surface area contributed by atoms with E-state index in [2.05, 4.69) is 4.98 Å². The number of hydrogen-bond donors (Lipinski definition) is 1. The molecular formula is C15H17F3N2O2S. The molecule has 2 aromatic rings. The number of nitrogen functional groups attached to an aromatic ring is 1. The first-order valence-electron chi connectivity index (χ1n) is 6.96. The summed E-state index contributed by atoms with van der Waals surface area (Å²) in [7, 11) is 1.20. The molecule has 0 atom stereocenters. The van der Waals surface area contributed by atoms with E-state index in [1.807, 2.05) is 0 Å². The molecular weight excluding hydrogens is 329 g/mol. The Labute approximate surface area is 136 Å². The fourth-order valence-electron chi connectivity index (χ4n) is 2.02. The van der Waals surface area contributed by atoms with Crippen LogP contribution in [0.2, 0.25) is 0 Å². The van der Waals surface area contributed by atoms with Crippen LogP contribution in [-0.4, -0.2) is 25.3 Å². The first kappa shape index (κ1) is 17.6. The highest BCUT2D eigenvalue weighted by atomic mass is 32.1. The normalized spacial score (nSPS) is 14.3. The Bertz CT molecular complexity index is 632. The second-order valence-corrected chi connectivity index (χ2v) is 5.69. The third kappa shape index (κ3) is 4.84. The van der Waals surface area contributed by atoms with E-state index in [1.165, 1.54) is 43.4 Å². The van der Waals surface area contributed by atoms with E-state index in [0.717, 1.165) is 19.3 Å². The molecule has 0 aliphatic carbocycles. The topological polar surface area (TPSA) is 57.4 Å². The molecule has 1 saturated heterocycles. The molecule has 0 radical (unpaired) electrons. The summed E-state index contributed by atoms with van der Waals surface area (Å²) in [4.78, 5) is 3.95. The summed E-state index contributed by atoms with van der Waals surface area (Å²) in [6, 6.07) is 3.80. The van der Waals surface area contributed by atoms with Crippen molar-refractivity contribution in [2.75, 3.05) is 26.1 Å². The fourth-order valence-corrected chi connectivity index (χ4v) is 2.59. The van der Waals surface area contributed by atoms with Gasteiger partial charge < -0.3 is 15.2 Å². The Morgan fingerprint density at radius 1 is 1.26 bits per heavy atom. The highest BCUT2D eigenvalue weighted by molar-refractivity contribution is 7.13. The van der Waals surface area contributed by atoms with Gasteiger partial charge in [0.05, 0.1) is 18.4 Å². The maximum absolute atomic E-state index is 12.8. The number of hydrogen-bond acceptors (Lipinski definition) is 5. The number of benzene rings is 1. The van der Waals surface area contributed by atoms with Gasteiger partial charge in [-0.25, -0.2) is 4.98 Å². The van der Waals surface area contributed by atoms with Crippen LogP contribution >= 0.6 is 11.3 Å². The smallest absolute Gasteiger partial charge is 0.419 e. The zero-order valence-corrected chi connectivity index (χ0v) is 13.3. The third-order valence-electron chi connectivity index (χ3n) is 3.15. The van der Waals surface area contributed by atoms with Gasteiger partial charge in [-0.2, -0.15) is 13.2 Å². The number of nitrogens with zero attached hydrogens (tertiary/aromatic N) is 1. The van der Waals surface area contributed by atoms with Crippen LogP contribution < -0.4 is 10.5 Å². The van der Waals surface area contributed by atoms with Crippen LogP contribution in [0.5, 0.6) is 5.75 Å². The summed E-state index contributed by atoms with van der Waals surface area (Å²) < 4.78 is 48.1. The third-order valence-corrected chi connectivity index (χ3v) is 3.82. The highest BCUT2D eigenvalue weighted by Gasteiger charge is 2.34. The molecule has 0 unspecified atom stereocenters. The van der Waals surface area contributed by atoms with Crippen molar-refractivity contribution >= 4 is 16.5 Å². The average Bonchev–Trinajstić information content (AvgIpc) is 3.20. The minimum Gasteiger partial charge on any atom is -0.496 e. The predicted molar refractivity (Wildman–Crippen MR) is 83.6 cm³/mol. The van der Waals surface area contributed by atoms with E-state index in [-0.39, 0.29) is 5.75 Å². The molecule has 0 amide bonds. The average molecular weight is 346 g/mol. The van der Waals surface area contributed by atoms with Crippen LogP contribution in [0.4, 0.5) is 18.3 Å². The number of nitrogens with two attached hydrogens (primary N) is 1. The SMILES string of the molecule is C1CCOC1.COc1ccc(-c2csc(N)n2)cc1C(F)(F)F. The van der Waals surface area contributed by atoms with Gasteiger partial charge in [-0.3, -0.25) is 0 Å². The molecule has 0 saturated carbocycles. The van der Waals surface area contributed by atoms with Crippen molar-refractivity contribution in [1.29, 1.82) is 0 Å². The van der Waals surface area contributed by atoms with E-state index in [9.17, 15) is 13.2 Å². The summed E-state index contributed by atoms with van der Waals surface area (Å²) in [5.74, 6) is -0.213. The number of ether oxygens (including phenoxy) is 2. The zero-order chi connectivity index (χ0) is 16.9. The molecule has 1 aliphatic rings. The van der Waals surface area contributed by atoms with Gasteiger partial charge in [0.25, 0.3) is 0 Å². The van der Waals surface area contributed by atoms with E-state index in [1.54, 1.807) is 5.38 Å². The Balaban J connectivity index is 0.000000326. The molecule has 1 aromatic heterocycles. The number of halogens is 3. The summed E-state index contributed by atoms with van der Waals surface area (Å²) in [5, 5.41) is 1.92. The van der Waals surface area contributed by atoms with Gasteiger partial charge in [-0.05, 0) is 31.0 Å². The monoisotopic (exact) mass is 346 g/mol. The lowest BCUT2D eigenvalue weighted by molar-refractivity contribution is -0.138. The van der Waals surface area contributed by atoms with Gasteiger partial charge in [-0.15, -0.1) is 11.3 Å². The van der Waals surface area contributed by atoms with Gasteiger partial charge in [-0.1, -0.05) is 0 Å². The first-order valence-corrected chi connectivity index (χ1v) is 7.84. The quantitative estimate of drug-likeness (QED) is 0.885. The van der Waals surface area contributed by atoms with Crippen LogP contribution in [0.25, 0.3) is 11.3 Å². The number of rotatable bonds is 2. The number of alkyl halides is 3. The van der Waals surface area contributed by atoms with Gasteiger partial charge in [0, 0.05) is 24.2 Å². The Kier molecular flexibility index (Phi) is 5.84. The van der Waals surface area contributed by atoms with Crippen LogP contribution in [0.3, 0.4) is 0 Å². The van der Waals surface area contributed by atoms with Gasteiger partial charge >= 0.3 is 6.18 Å². The fraction of sp³-hybridized carbons (Fsp3) is 0.400. The molecule has 2 heterocycles. The molecule has 0 bridgehead atoms. The minimum absolute atomic E-state index is 0.213. The Hall–Kier alpha value is -1.80. The number of thiazole rings is 1. The lowest BCUT2D eigenvalue weighted by Gasteiger charge is -2.12. The predicted octanol–water partition coefficient (Wildman–Crippen LogP) is 4.22. The summed E-state index contributed by atoms with van der Waals surface area (Å²) in [5.41, 5.74) is 5.41. The molecule has 23 heavy (non-hydrogen) atoms. The molecule has 1 aromatic carbocycles. The van der Waals surface area contributed by atoms with Crippen molar-refractivity contribution < 1.29 is 22.6 Å². The lowest BCUT2D eigenvalue weighted by Crippen LogP contribution is -2.07. The Morgan fingerprint density at radius 3 is 2.39 bits per heavy atom. The Morgan fingerprint density at radius 2 is 1.96 bits per heavy atom. The standard InChI is InChI=1S/C11H9F3N2OS.C4H8O/c1-17-9-3-2-6(4-7(9)11(12,13)14)8-5-18-10(15)16-8;1-2-4-5-3-1/h2-5H,1H3,(H2,15,16);1-4H2. The largest absolute Gasteiger partial charge is 0.496 e. The van der Waals surface area contributed by atoms with Crippen LogP contribution in [0.1, 0.15) is 18.4 Å². The number of aromatic nitrogens is 1. The second-order valence-electron chi connectivity index (χ2n) is 4.80. The van der Waals surface area contributed by atoms with Crippen molar-refractivity contribution in [3.05, 3.63) is 29.1 Å². The molecule has 3 rings (SSSR count). The molecule has 4 nitrogen and oxygen atoms in total. The van der Waals surface area contributed by atoms with Crippen molar-refractivity contribution in [3.63, 3.8) is 0 Å². The van der Waals surface area contributed by atoms with Crippen LogP contribution in [-0.2, 0) is 10.9 Å². The minimum atomic E-state index is -4.47. The maximum Gasteiger partial charge on any atom is 0.419 e. The van der Waals surface area contributed by atoms with Crippen LogP contribution in [0, 0.1) is 0 Å². The summed E-state index contributed by atoms with van der Waals surface area (Å²) in [6.45, 7) is 2.00. The first-order chi connectivity index (χ1) is 10.9.